The van der Waals surface area contributed by atoms with E-state index in [0.717, 1.165) is 5.39 Å². The van der Waals surface area contributed by atoms with Gasteiger partial charge in [-0.2, -0.15) is 0 Å². The van der Waals surface area contributed by atoms with Crippen molar-refractivity contribution < 1.29 is 8.42 Å². The minimum atomic E-state index is -3.58. The van der Waals surface area contributed by atoms with Crippen LogP contribution in [0, 0.1) is 0 Å². The van der Waals surface area contributed by atoms with E-state index in [0.29, 0.717) is 5.39 Å². The SMILES string of the molecule is O=S(=O)(c1ccccc1)c1nccc2ccccc12. The molecule has 0 atom stereocenters. The van der Waals surface area contributed by atoms with E-state index >= 15 is 0 Å². The number of sulfone groups is 1. The second kappa shape index (κ2) is 4.48. The standard InChI is InChI=1S/C15H11NO2S/c17-19(18,13-7-2-1-3-8-13)15-14-9-5-4-6-12(14)10-11-16-15/h1-11H. The molecule has 2 aromatic carbocycles. The van der Waals surface area contributed by atoms with E-state index in [1.54, 1.807) is 42.5 Å². The van der Waals surface area contributed by atoms with E-state index in [9.17, 15) is 8.42 Å². The third-order valence-electron chi connectivity index (χ3n) is 2.95. The van der Waals surface area contributed by atoms with E-state index in [2.05, 4.69) is 4.98 Å². The third kappa shape index (κ3) is 2.00. The van der Waals surface area contributed by atoms with Crippen molar-refractivity contribution in [1.29, 1.82) is 0 Å². The smallest absolute Gasteiger partial charge is 0.224 e. The molecule has 0 saturated heterocycles. The summed E-state index contributed by atoms with van der Waals surface area (Å²) >= 11 is 0. The predicted octanol–water partition coefficient (Wildman–Crippen LogP) is 3.07. The summed E-state index contributed by atoms with van der Waals surface area (Å²) in [4.78, 5) is 4.33. The summed E-state index contributed by atoms with van der Waals surface area (Å²) in [6, 6.07) is 17.5. The van der Waals surface area contributed by atoms with Gasteiger partial charge in [-0.25, -0.2) is 13.4 Å². The van der Waals surface area contributed by atoms with Gasteiger partial charge in [-0.15, -0.1) is 0 Å². The summed E-state index contributed by atoms with van der Waals surface area (Å²) in [5.74, 6) is 0. The lowest BCUT2D eigenvalue weighted by molar-refractivity contribution is 0.593. The fourth-order valence-electron chi connectivity index (χ4n) is 2.02. The largest absolute Gasteiger partial charge is 0.244 e. The molecule has 0 N–H and O–H groups in total. The lowest BCUT2D eigenvalue weighted by Gasteiger charge is -2.06. The molecule has 19 heavy (non-hydrogen) atoms. The molecule has 0 amide bonds. The van der Waals surface area contributed by atoms with Crippen LogP contribution in [0.3, 0.4) is 0 Å². The molecule has 0 radical (unpaired) electrons. The molecule has 0 fully saturated rings. The van der Waals surface area contributed by atoms with Gasteiger partial charge < -0.3 is 0 Å². The monoisotopic (exact) mass is 269 g/mol. The summed E-state index contributed by atoms with van der Waals surface area (Å²) < 4.78 is 25.2. The van der Waals surface area contributed by atoms with Gasteiger partial charge in [0.2, 0.25) is 9.84 Å². The molecule has 0 aliphatic heterocycles. The lowest BCUT2D eigenvalue weighted by Crippen LogP contribution is -2.04. The number of nitrogens with zero attached hydrogens (tertiary/aromatic N) is 1. The van der Waals surface area contributed by atoms with Gasteiger partial charge in [0.15, 0.2) is 5.03 Å². The van der Waals surface area contributed by atoms with E-state index in [1.807, 2.05) is 18.2 Å². The van der Waals surface area contributed by atoms with Crippen molar-refractivity contribution in [1.82, 2.24) is 4.98 Å². The van der Waals surface area contributed by atoms with Crippen LogP contribution >= 0.6 is 0 Å². The van der Waals surface area contributed by atoms with Crippen molar-refractivity contribution in [2.75, 3.05) is 0 Å². The summed E-state index contributed by atoms with van der Waals surface area (Å²) in [6.07, 6.45) is 1.53. The number of aromatic nitrogens is 1. The Bertz CT molecular complexity index is 822. The fraction of sp³-hybridized carbons (Fsp3) is 0. The zero-order chi connectivity index (χ0) is 13.3. The van der Waals surface area contributed by atoms with Crippen LogP contribution in [-0.2, 0) is 9.84 Å². The molecule has 0 spiro atoms. The zero-order valence-corrected chi connectivity index (χ0v) is 10.8. The summed E-state index contributed by atoms with van der Waals surface area (Å²) in [6.45, 7) is 0. The van der Waals surface area contributed by atoms with Gasteiger partial charge in [0.25, 0.3) is 0 Å². The van der Waals surface area contributed by atoms with Gasteiger partial charge in [-0.3, -0.25) is 0 Å². The first-order valence-corrected chi connectivity index (χ1v) is 7.32. The second-order valence-electron chi connectivity index (χ2n) is 4.15. The minimum Gasteiger partial charge on any atom is -0.244 e. The molecule has 0 aliphatic rings. The van der Waals surface area contributed by atoms with Gasteiger partial charge in [0, 0.05) is 11.6 Å². The Morgan fingerprint density at radius 2 is 1.47 bits per heavy atom. The Morgan fingerprint density at radius 3 is 2.26 bits per heavy atom. The van der Waals surface area contributed by atoms with Crippen molar-refractivity contribution in [2.24, 2.45) is 0 Å². The van der Waals surface area contributed by atoms with E-state index < -0.39 is 9.84 Å². The highest BCUT2D eigenvalue weighted by atomic mass is 32.2. The van der Waals surface area contributed by atoms with Crippen LogP contribution in [0.1, 0.15) is 0 Å². The van der Waals surface area contributed by atoms with Gasteiger partial charge in [0.1, 0.15) is 0 Å². The predicted molar refractivity (Wildman–Crippen MR) is 73.6 cm³/mol. The Balaban J connectivity index is 2.31. The first-order valence-electron chi connectivity index (χ1n) is 5.83. The number of pyridine rings is 1. The van der Waals surface area contributed by atoms with E-state index in [-0.39, 0.29) is 9.92 Å². The van der Waals surface area contributed by atoms with Crippen molar-refractivity contribution >= 4 is 20.6 Å². The molecule has 0 aliphatic carbocycles. The fourth-order valence-corrected chi connectivity index (χ4v) is 3.43. The molecule has 0 unspecified atom stereocenters. The molecule has 1 heterocycles. The van der Waals surface area contributed by atoms with Gasteiger partial charge in [0.05, 0.1) is 4.90 Å². The minimum absolute atomic E-state index is 0.108. The Kier molecular flexibility index (Phi) is 2.80. The molecule has 1 aromatic heterocycles. The van der Waals surface area contributed by atoms with Crippen LogP contribution in [0.4, 0.5) is 0 Å². The van der Waals surface area contributed by atoms with E-state index in [4.69, 9.17) is 0 Å². The van der Waals surface area contributed by atoms with Crippen LogP contribution < -0.4 is 0 Å². The molecule has 3 rings (SSSR count). The first kappa shape index (κ1) is 11.9. The third-order valence-corrected chi connectivity index (χ3v) is 4.67. The maximum Gasteiger partial charge on any atom is 0.224 e. The van der Waals surface area contributed by atoms with Crippen LogP contribution in [0.25, 0.3) is 10.8 Å². The second-order valence-corrected chi connectivity index (χ2v) is 6.02. The van der Waals surface area contributed by atoms with Crippen LogP contribution in [0.15, 0.2) is 76.8 Å². The quantitative estimate of drug-likeness (QED) is 0.718. The van der Waals surface area contributed by atoms with E-state index in [1.165, 1.54) is 6.20 Å². The van der Waals surface area contributed by atoms with Crippen molar-refractivity contribution in [2.45, 2.75) is 9.92 Å². The maximum atomic E-state index is 12.6. The topological polar surface area (TPSA) is 47.0 Å². The number of rotatable bonds is 2. The zero-order valence-electron chi connectivity index (χ0n) is 10.0. The number of benzene rings is 2. The van der Waals surface area contributed by atoms with Crippen LogP contribution in [-0.4, -0.2) is 13.4 Å². The van der Waals surface area contributed by atoms with Crippen molar-refractivity contribution in [3.63, 3.8) is 0 Å². The maximum absolute atomic E-state index is 12.6. The lowest BCUT2D eigenvalue weighted by atomic mass is 10.2. The number of fused-ring (bicyclic) bond motifs is 1. The normalized spacial score (nSPS) is 11.6. The Morgan fingerprint density at radius 1 is 0.789 bits per heavy atom. The molecular formula is C15H11NO2S. The average molecular weight is 269 g/mol. The molecule has 3 aromatic rings. The van der Waals surface area contributed by atoms with Crippen molar-refractivity contribution in [3.05, 3.63) is 66.9 Å². The molecule has 94 valence electrons. The Labute approximate surface area is 111 Å². The highest BCUT2D eigenvalue weighted by Gasteiger charge is 2.21. The summed E-state index contributed by atoms with van der Waals surface area (Å²) in [7, 11) is -3.58. The summed E-state index contributed by atoms with van der Waals surface area (Å²) in [5.41, 5.74) is 0. The van der Waals surface area contributed by atoms with Crippen LogP contribution in [0.2, 0.25) is 0 Å². The molecule has 3 nitrogen and oxygen atoms in total. The molecule has 0 bridgehead atoms. The Hall–Kier alpha value is -2.20. The highest BCUT2D eigenvalue weighted by Crippen LogP contribution is 2.25. The number of hydrogen-bond acceptors (Lipinski definition) is 3. The van der Waals surface area contributed by atoms with Crippen molar-refractivity contribution in [3.8, 4) is 0 Å². The molecule has 4 heteroatoms. The molecule has 0 saturated carbocycles. The number of hydrogen-bond donors (Lipinski definition) is 0. The van der Waals surface area contributed by atoms with Gasteiger partial charge in [-0.05, 0) is 23.6 Å². The average Bonchev–Trinajstić information content (AvgIpc) is 2.47. The highest BCUT2D eigenvalue weighted by molar-refractivity contribution is 7.91. The molecular weight excluding hydrogens is 258 g/mol. The van der Waals surface area contributed by atoms with Gasteiger partial charge in [-0.1, -0.05) is 42.5 Å². The van der Waals surface area contributed by atoms with Crippen LogP contribution in [0.5, 0.6) is 0 Å². The summed E-state index contributed by atoms with van der Waals surface area (Å²) in [5, 5.41) is 1.62. The van der Waals surface area contributed by atoms with Gasteiger partial charge >= 0.3 is 0 Å². The first-order chi connectivity index (χ1) is 9.19.